The van der Waals surface area contributed by atoms with Crippen molar-refractivity contribution in [3.05, 3.63) is 35.6 Å². The maximum Gasteiger partial charge on any atom is 0.263 e. The standard InChI is InChI=1S/C15H18N4OS/c16-11-1-3-12(4-2-11)19-14(20)13-9-18-15(21-13)10-5-7-17-8-6-10/h5-9,11-12H,1-4,16H2,(H,19,20). The fraction of sp³-hybridized carbons (Fsp3) is 0.400. The summed E-state index contributed by atoms with van der Waals surface area (Å²) in [7, 11) is 0. The summed E-state index contributed by atoms with van der Waals surface area (Å²) in [6, 6.07) is 4.31. The Bertz CT molecular complexity index is 605. The molecule has 6 heteroatoms. The van der Waals surface area contributed by atoms with Gasteiger partial charge < -0.3 is 11.1 Å². The molecular weight excluding hydrogens is 284 g/mol. The fourth-order valence-corrected chi connectivity index (χ4v) is 3.35. The van der Waals surface area contributed by atoms with Crippen molar-refractivity contribution in [2.75, 3.05) is 0 Å². The molecule has 2 aromatic rings. The van der Waals surface area contributed by atoms with Crippen LogP contribution in [-0.2, 0) is 0 Å². The van der Waals surface area contributed by atoms with E-state index in [1.54, 1.807) is 18.6 Å². The van der Waals surface area contributed by atoms with E-state index in [1.807, 2.05) is 12.1 Å². The molecule has 2 aromatic heterocycles. The number of nitrogens with two attached hydrogens (primary N) is 1. The van der Waals surface area contributed by atoms with Gasteiger partial charge in [0.15, 0.2) is 0 Å². The van der Waals surface area contributed by atoms with Gasteiger partial charge in [-0.05, 0) is 37.8 Å². The Morgan fingerprint density at radius 3 is 2.67 bits per heavy atom. The Morgan fingerprint density at radius 2 is 1.95 bits per heavy atom. The molecule has 1 aliphatic rings. The zero-order chi connectivity index (χ0) is 14.7. The topological polar surface area (TPSA) is 80.9 Å². The number of aromatic nitrogens is 2. The van der Waals surface area contributed by atoms with Gasteiger partial charge in [0, 0.05) is 30.0 Å². The molecule has 0 radical (unpaired) electrons. The van der Waals surface area contributed by atoms with Crippen LogP contribution in [0.25, 0.3) is 10.6 Å². The van der Waals surface area contributed by atoms with Gasteiger partial charge in [0.1, 0.15) is 9.88 Å². The minimum atomic E-state index is -0.0340. The molecule has 1 amide bonds. The molecule has 0 atom stereocenters. The second-order valence-electron chi connectivity index (χ2n) is 5.35. The summed E-state index contributed by atoms with van der Waals surface area (Å²) in [6.45, 7) is 0. The van der Waals surface area contributed by atoms with Gasteiger partial charge in [-0.3, -0.25) is 9.78 Å². The number of carbonyl (C=O) groups excluding carboxylic acids is 1. The van der Waals surface area contributed by atoms with E-state index < -0.39 is 0 Å². The molecule has 110 valence electrons. The maximum atomic E-state index is 12.3. The Kier molecular flexibility index (Phi) is 4.26. The smallest absolute Gasteiger partial charge is 0.263 e. The van der Waals surface area contributed by atoms with Gasteiger partial charge in [0.2, 0.25) is 0 Å². The van der Waals surface area contributed by atoms with Gasteiger partial charge >= 0.3 is 0 Å². The molecule has 0 bridgehead atoms. The van der Waals surface area contributed by atoms with Gasteiger partial charge in [-0.15, -0.1) is 11.3 Å². The Morgan fingerprint density at radius 1 is 1.24 bits per heavy atom. The number of hydrogen-bond donors (Lipinski definition) is 2. The van der Waals surface area contributed by atoms with Crippen LogP contribution in [0.1, 0.15) is 35.4 Å². The van der Waals surface area contributed by atoms with Crippen molar-refractivity contribution in [2.24, 2.45) is 5.73 Å². The predicted octanol–water partition coefficient (Wildman–Crippen LogP) is 2.20. The molecular formula is C15H18N4OS. The highest BCUT2D eigenvalue weighted by Gasteiger charge is 2.21. The van der Waals surface area contributed by atoms with Gasteiger partial charge in [0.05, 0.1) is 6.20 Å². The zero-order valence-electron chi connectivity index (χ0n) is 11.7. The molecule has 0 unspecified atom stereocenters. The Hall–Kier alpha value is -1.79. The van der Waals surface area contributed by atoms with E-state index in [9.17, 15) is 4.79 Å². The SMILES string of the molecule is NC1CCC(NC(=O)c2cnc(-c3ccncc3)s2)CC1. The maximum absolute atomic E-state index is 12.3. The van der Waals surface area contributed by atoms with Gasteiger partial charge in [0.25, 0.3) is 5.91 Å². The van der Waals surface area contributed by atoms with Crippen LogP contribution < -0.4 is 11.1 Å². The summed E-state index contributed by atoms with van der Waals surface area (Å²) in [4.78, 5) is 21.2. The van der Waals surface area contributed by atoms with E-state index >= 15 is 0 Å². The van der Waals surface area contributed by atoms with Crippen molar-refractivity contribution in [3.8, 4) is 10.6 Å². The van der Waals surface area contributed by atoms with Crippen molar-refractivity contribution < 1.29 is 4.79 Å². The van der Waals surface area contributed by atoms with Crippen LogP contribution in [0.2, 0.25) is 0 Å². The number of amides is 1. The first-order valence-electron chi connectivity index (χ1n) is 7.15. The molecule has 1 fully saturated rings. The van der Waals surface area contributed by atoms with Crippen LogP contribution in [0.5, 0.6) is 0 Å². The minimum Gasteiger partial charge on any atom is -0.349 e. The lowest BCUT2D eigenvalue weighted by molar-refractivity contribution is 0.0930. The molecule has 0 saturated heterocycles. The quantitative estimate of drug-likeness (QED) is 0.911. The van der Waals surface area contributed by atoms with E-state index in [-0.39, 0.29) is 11.9 Å². The first kappa shape index (κ1) is 14.2. The third-order valence-corrected chi connectivity index (χ3v) is 4.81. The van der Waals surface area contributed by atoms with Gasteiger partial charge in [-0.25, -0.2) is 4.98 Å². The molecule has 5 nitrogen and oxygen atoms in total. The highest BCUT2D eigenvalue weighted by molar-refractivity contribution is 7.16. The third kappa shape index (κ3) is 3.46. The predicted molar refractivity (Wildman–Crippen MR) is 83.0 cm³/mol. The number of nitrogens with one attached hydrogen (secondary N) is 1. The first-order chi connectivity index (χ1) is 10.2. The molecule has 3 rings (SSSR count). The van der Waals surface area contributed by atoms with Gasteiger partial charge in [-0.1, -0.05) is 0 Å². The molecule has 1 aliphatic carbocycles. The molecule has 1 saturated carbocycles. The van der Waals surface area contributed by atoms with Crippen molar-refractivity contribution in [1.29, 1.82) is 0 Å². The summed E-state index contributed by atoms with van der Waals surface area (Å²) in [6.07, 6.45) is 8.98. The summed E-state index contributed by atoms with van der Waals surface area (Å²) in [5.41, 5.74) is 6.86. The number of pyridine rings is 1. The molecule has 3 N–H and O–H groups in total. The van der Waals surface area contributed by atoms with Crippen molar-refractivity contribution in [1.82, 2.24) is 15.3 Å². The van der Waals surface area contributed by atoms with Gasteiger partial charge in [-0.2, -0.15) is 0 Å². The molecule has 0 aliphatic heterocycles. The number of rotatable bonds is 3. The van der Waals surface area contributed by atoms with Crippen LogP contribution in [-0.4, -0.2) is 28.0 Å². The van der Waals surface area contributed by atoms with E-state index in [0.717, 1.165) is 36.3 Å². The Labute approximate surface area is 127 Å². The molecule has 0 aromatic carbocycles. The van der Waals surface area contributed by atoms with Crippen LogP contribution in [0, 0.1) is 0 Å². The zero-order valence-corrected chi connectivity index (χ0v) is 12.5. The molecule has 0 spiro atoms. The largest absolute Gasteiger partial charge is 0.349 e. The van der Waals surface area contributed by atoms with Crippen molar-refractivity contribution >= 4 is 17.2 Å². The summed E-state index contributed by atoms with van der Waals surface area (Å²) >= 11 is 1.41. The average Bonchev–Trinajstić information content (AvgIpc) is 3.00. The number of carbonyl (C=O) groups is 1. The number of thiazole rings is 1. The molecule has 21 heavy (non-hydrogen) atoms. The van der Waals surface area contributed by atoms with E-state index in [0.29, 0.717) is 10.9 Å². The number of nitrogens with zero attached hydrogens (tertiary/aromatic N) is 2. The molecule has 2 heterocycles. The normalized spacial score (nSPS) is 22.0. The average molecular weight is 302 g/mol. The Balaban J connectivity index is 1.64. The summed E-state index contributed by atoms with van der Waals surface area (Å²) in [5, 5.41) is 3.93. The summed E-state index contributed by atoms with van der Waals surface area (Å²) in [5.74, 6) is -0.0340. The minimum absolute atomic E-state index is 0.0340. The lowest BCUT2D eigenvalue weighted by atomic mass is 9.92. The van der Waals surface area contributed by atoms with Crippen LogP contribution in [0.15, 0.2) is 30.7 Å². The summed E-state index contributed by atoms with van der Waals surface area (Å²) < 4.78 is 0. The monoisotopic (exact) mass is 302 g/mol. The first-order valence-corrected chi connectivity index (χ1v) is 7.96. The highest BCUT2D eigenvalue weighted by atomic mass is 32.1. The lowest BCUT2D eigenvalue weighted by Crippen LogP contribution is -2.40. The number of hydrogen-bond acceptors (Lipinski definition) is 5. The fourth-order valence-electron chi connectivity index (χ4n) is 2.53. The van der Waals surface area contributed by atoms with E-state index in [4.69, 9.17) is 5.73 Å². The van der Waals surface area contributed by atoms with Crippen molar-refractivity contribution in [3.63, 3.8) is 0 Å². The van der Waals surface area contributed by atoms with E-state index in [1.165, 1.54) is 11.3 Å². The van der Waals surface area contributed by atoms with E-state index in [2.05, 4.69) is 15.3 Å². The third-order valence-electron chi connectivity index (χ3n) is 3.76. The second kappa shape index (κ2) is 6.32. The lowest BCUT2D eigenvalue weighted by Gasteiger charge is -2.26. The van der Waals surface area contributed by atoms with Crippen molar-refractivity contribution in [2.45, 2.75) is 37.8 Å². The van der Waals surface area contributed by atoms with Crippen LogP contribution >= 0.6 is 11.3 Å². The highest BCUT2D eigenvalue weighted by Crippen LogP contribution is 2.25. The van der Waals surface area contributed by atoms with Crippen LogP contribution in [0.3, 0.4) is 0 Å². The van der Waals surface area contributed by atoms with Crippen LogP contribution in [0.4, 0.5) is 0 Å². The second-order valence-corrected chi connectivity index (χ2v) is 6.38.